The van der Waals surface area contributed by atoms with Gasteiger partial charge >= 0.3 is 0 Å². The topological polar surface area (TPSA) is 63.4 Å². The number of H-pyrrole nitrogens is 1. The molecule has 0 spiro atoms. The van der Waals surface area contributed by atoms with Gasteiger partial charge in [-0.15, -0.1) is 0 Å². The van der Waals surface area contributed by atoms with Gasteiger partial charge in [0.2, 0.25) is 12.7 Å². The van der Waals surface area contributed by atoms with Crippen LogP contribution >= 0.6 is 0 Å². The van der Waals surface area contributed by atoms with Crippen LogP contribution in [0.1, 0.15) is 43.7 Å². The number of aromatic nitrogens is 1. The Morgan fingerprint density at radius 1 is 1.15 bits per heavy atom. The number of benzene rings is 2. The molecule has 0 aliphatic carbocycles. The minimum atomic E-state index is -0.123. The average molecular weight is 364 g/mol. The number of amides is 1. The summed E-state index contributed by atoms with van der Waals surface area (Å²) in [5.41, 5.74) is 3.13. The van der Waals surface area contributed by atoms with Crippen molar-refractivity contribution < 1.29 is 14.3 Å². The van der Waals surface area contributed by atoms with Crippen LogP contribution in [-0.4, -0.2) is 23.7 Å². The molecule has 0 bridgehead atoms. The van der Waals surface area contributed by atoms with Gasteiger partial charge in [0.1, 0.15) is 0 Å². The van der Waals surface area contributed by atoms with Crippen molar-refractivity contribution in [3.05, 3.63) is 59.8 Å². The number of rotatable bonds is 6. The van der Waals surface area contributed by atoms with Crippen LogP contribution in [0, 0.1) is 0 Å². The number of para-hydroxylation sites is 2. The third kappa shape index (κ3) is 3.37. The van der Waals surface area contributed by atoms with Gasteiger partial charge in [-0.05, 0) is 31.0 Å². The summed E-state index contributed by atoms with van der Waals surface area (Å²) in [7, 11) is 0. The fourth-order valence-corrected chi connectivity index (χ4v) is 3.62. The molecular weight excluding hydrogens is 340 g/mol. The Morgan fingerprint density at radius 2 is 2.00 bits per heavy atom. The molecule has 2 heterocycles. The quantitative estimate of drug-likeness (QED) is 0.684. The van der Waals surface area contributed by atoms with Crippen molar-refractivity contribution in [2.45, 2.75) is 38.6 Å². The van der Waals surface area contributed by atoms with Crippen LogP contribution in [-0.2, 0) is 4.79 Å². The molecule has 1 aromatic heterocycles. The molecule has 140 valence electrons. The van der Waals surface area contributed by atoms with Crippen LogP contribution in [0.2, 0.25) is 0 Å². The molecule has 2 unspecified atom stereocenters. The van der Waals surface area contributed by atoms with E-state index in [9.17, 15) is 4.79 Å². The number of carbonyl (C=O) groups is 1. The Balaban J connectivity index is 1.76. The largest absolute Gasteiger partial charge is 0.454 e. The van der Waals surface area contributed by atoms with E-state index >= 15 is 0 Å². The third-order valence-electron chi connectivity index (χ3n) is 5.21. The minimum absolute atomic E-state index is 0.0381. The van der Waals surface area contributed by atoms with Crippen molar-refractivity contribution in [2.75, 3.05) is 6.79 Å². The number of carbonyl (C=O) groups excluding carboxylic acids is 1. The molecule has 0 saturated heterocycles. The van der Waals surface area contributed by atoms with Crippen LogP contribution < -0.4 is 14.8 Å². The molecule has 5 nitrogen and oxygen atoms in total. The molecule has 2 atom stereocenters. The third-order valence-corrected chi connectivity index (χ3v) is 5.21. The summed E-state index contributed by atoms with van der Waals surface area (Å²) < 4.78 is 11.3. The van der Waals surface area contributed by atoms with Crippen molar-refractivity contribution in [3.63, 3.8) is 0 Å². The molecule has 0 saturated carbocycles. The zero-order chi connectivity index (χ0) is 18.8. The molecule has 4 rings (SSSR count). The van der Waals surface area contributed by atoms with E-state index < -0.39 is 0 Å². The highest BCUT2D eigenvalue weighted by atomic mass is 16.7. The van der Waals surface area contributed by atoms with E-state index in [4.69, 9.17) is 9.47 Å². The van der Waals surface area contributed by atoms with Crippen molar-refractivity contribution in [1.82, 2.24) is 10.3 Å². The maximum atomic E-state index is 12.7. The first-order valence-corrected chi connectivity index (χ1v) is 9.41. The van der Waals surface area contributed by atoms with Crippen molar-refractivity contribution in [3.8, 4) is 11.5 Å². The summed E-state index contributed by atoms with van der Waals surface area (Å²) in [6, 6.07) is 14.2. The zero-order valence-electron chi connectivity index (χ0n) is 15.6. The van der Waals surface area contributed by atoms with Crippen molar-refractivity contribution in [2.24, 2.45) is 0 Å². The molecule has 0 fully saturated rings. The second-order valence-corrected chi connectivity index (χ2v) is 7.00. The number of hydrogen-bond donors (Lipinski definition) is 2. The van der Waals surface area contributed by atoms with Crippen molar-refractivity contribution >= 4 is 16.8 Å². The van der Waals surface area contributed by atoms with Gasteiger partial charge in [0, 0.05) is 41.0 Å². The fourth-order valence-electron chi connectivity index (χ4n) is 3.62. The Morgan fingerprint density at radius 3 is 2.85 bits per heavy atom. The minimum Gasteiger partial charge on any atom is -0.454 e. The van der Waals surface area contributed by atoms with Gasteiger partial charge in [0.15, 0.2) is 11.5 Å². The Bertz CT molecular complexity index is 963. The summed E-state index contributed by atoms with van der Waals surface area (Å²) in [6.07, 6.45) is 3.26. The Kier molecular flexibility index (Phi) is 4.75. The number of nitrogens with one attached hydrogen (secondary N) is 2. The van der Waals surface area contributed by atoms with Gasteiger partial charge in [0.25, 0.3) is 0 Å². The van der Waals surface area contributed by atoms with Gasteiger partial charge in [-0.25, -0.2) is 0 Å². The first-order chi connectivity index (χ1) is 13.2. The maximum absolute atomic E-state index is 12.7. The first kappa shape index (κ1) is 17.5. The van der Waals surface area contributed by atoms with Crippen LogP contribution in [0.5, 0.6) is 11.5 Å². The highest BCUT2D eigenvalue weighted by Crippen LogP contribution is 2.44. The van der Waals surface area contributed by atoms with E-state index in [2.05, 4.69) is 23.3 Å². The number of hydrogen-bond acceptors (Lipinski definition) is 3. The monoisotopic (exact) mass is 364 g/mol. The average Bonchev–Trinajstić information content (AvgIpc) is 3.32. The zero-order valence-corrected chi connectivity index (χ0v) is 15.6. The number of ether oxygens (including phenoxy) is 2. The highest BCUT2D eigenvalue weighted by Gasteiger charge is 2.28. The molecule has 1 amide bonds. The lowest BCUT2D eigenvalue weighted by atomic mass is 9.87. The van der Waals surface area contributed by atoms with Crippen LogP contribution in [0.4, 0.5) is 0 Å². The smallest absolute Gasteiger partial charge is 0.231 e. The maximum Gasteiger partial charge on any atom is 0.231 e. The number of fused-ring (bicyclic) bond motifs is 2. The molecule has 2 N–H and O–H groups in total. The Labute approximate surface area is 158 Å². The predicted octanol–water partition coefficient (Wildman–Crippen LogP) is 4.33. The normalized spacial score (nSPS) is 14.9. The second kappa shape index (κ2) is 7.35. The lowest BCUT2D eigenvalue weighted by Crippen LogP contribution is -2.33. The molecule has 27 heavy (non-hydrogen) atoms. The molecule has 0 radical (unpaired) electrons. The summed E-state index contributed by atoms with van der Waals surface area (Å²) in [4.78, 5) is 16.1. The molecule has 5 heteroatoms. The van der Waals surface area contributed by atoms with E-state index in [1.54, 1.807) is 0 Å². The van der Waals surface area contributed by atoms with Crippen molar-refractivity contribution in [1.29, 1.82) is 0 Å². The molecule has 3 aromatic rings. The van der Waals surface area contributed by atoms with E-state index in [0.717, 1.165) is 39.9 Å². The highest BCUT2D eigenvalue weighted by molar-refractivity contribution is 5.86. The van der Waals surface area contributed by atoms with Gasteiger partial charge in [-0.3, -0.25) is 4.79 Å². The molecule has 2 aromatic carbocycles. The van der Waals surface area contributed by atoms with Gasteiger partial charge in [-0.2, -0.15) is 0 Å². The standard InChI is InChI=1S/C22H24N2O3/c1-3-14(2)24-21(25)11-17(16-8-6-10-20-22(16)27-13-26-20)18-12-23-19-9-5-4-7-15(18)19/h4-10,12,14,17,23H,3,11,13H2,1-2H3,(H,24,25). The van der Waals surface area contributed by atoms with Gasteiger partial charge in [0.05, 0.1) is 0 Å². The fraction of sp³-hybridized carbons (Fsp3) is 0.318. The summed E-state index contributed by atoms with van der Waals surface area (Å²) in [5.74, 6) is 1.39. The summed E-state index contributed by atoms with van der Waals surface area (Å²) in [5, 5.41) is 4.21. The lowest BCUT2D eigenvalue weighted by Gasteiger charge is -2.20. The predicted molar refractivity (Wildman–Crippen MR) is 105 cm³/mol. The van der Waals surface area contributed by atoms with E-state index in [1.165, 1.54) is 0 Å². The first-order valence-electron chi connectivity index (χ1n) is 9.41. The van der Waals surface area contributed by atoms with Gasteiger partial charge < -0.3 is 19.8 Å². The second-order valence-electron chi connectivity index (χ2n) is 7.00. The summed E-state index contributed by atoms with van der Waals surface area (Å²) in [6.45, 7) is 4.30. The van der Waals surface area contributed by atoms with Crippen LogP contribution in [0.25, 0.3) is 10.9 Å². The Hall–Kier alpha value is -2.95. The number of aromatic amines is 1. The summed E-state index contributed by atoms with van der Waals surface area (Å²) >= 11 is 0. The van der Waals surface area contributed by atoms with Gasteiger partial charge in [-0.1, -0.05) is 37.3 Å². The lowest BCUT2D eigenvalue weighted by molar-refractivity contribution is -0.121. The molecule has 1 aliphatic rings. The van der Waals surface area contributed by atoms with Crippen LogP contribution in [0.15, 0.2) is 48.7 Å². The molecular formula is C22H24N2O3. The van der Waals surface area contributed by atoms with E-state index in [1.807, 2.05) is 49.5 Å². The van der Waals surface area contributed by atoms with E-state index in [0.29, 0.717) is 6.42 Å². The van der Waals surface area contributed by atoms with Crippen LogP contribution in [0.3, 0.4) is 0 Å². The molecule has 1 aliphatic heterocycles. The SMILES string of the molecule is CCC(C)NC(=O)CC(c1cccc2c1OCO2)c1c[nH]c2ccccc12. The van der Waals surface area contributed by atoms with E-state index in [-0.39, 0.29) is 24.7 Å².